The lowest BCUT2D eigenvalue weighted by Gasteiger charge is -1.99. The lowest BCUT2D eigenvalue weighted by molar-refractivity contribution is -0.687. The van der Waals surface area contributed by atoms with Gasteiger partial charge in [0.1, 0.15) is 16.9 Å². The normalized spacial score (nSPS) is 10.5. The van der Waals surface area contributed by atoms with Gasteiger partial charge in [-0.2, -0.15) is 4.57 Å². The van der Waals surface area contributed by atoms with Gasteiger partial charge >= 0.3 is 0 Å². The summed E-state index contributed by atoms with van der Waals surface area (Å²) in [5, 5.41) is 0. The third-order valence-electron chi connectivity index (χ3n) is 3.68. The lowest BCUT2D eigenvalue weighted by atomic mass is 10.2. The van der Waals surface area contributed by atoms with Gasteiger partial charge in [0.05, 0.1) is 0 Å². The molecule has 0 fully saturated rings. The Bertz CT molecular complexity index is 933. The van der Waals surface area contributed by atoms with Crippen LogP contribution < -0.4 is 21.5 Å². The molecule has 0 aliphatic rings. The summed E-state index contributed by atoms with van der Waals surface area (Å²) in [7, 11) is 0. The van der Waals surface area contributed by atoms with Crippen molar-refractivity contribution in [3.05, 3.63) is 84.4 Å². The highest BCUT2D eigenvalue weighted by Gasteiger charge is 2.12. The number of rotatable bonds is 3. The maximum atomic E-state index is 13.0. The Morgan fingerprint density at radius 1 is 0.958 bits per heavy atom. The third kappa shape index (κ3) is 3.36. The first-order valence-corrected chi connectivity index (χ1v) is 7.37. The third-order valence-corrected chi connectivity index (χ3v) is 3.68. The standard InChI is InChI=1S/C19H14FN2O.BrH/c20-16-9-7-14(8-10-16)12-22-11-3-4-15(13-22)19-21-17-5-1-2-6-18(17)23-19;/h1-11,13H,12H2;1H/q+1;/p-1. The summed E-state index contributed by atoms with van der Waals surface area (Å²) in [6.07, 6.45) is 3.95. The number of hydrogen-bond acceptors (Lipinski definition) is 2. The highest BCUT2D eigenvalue weighted by Crippen LogP contribution is 2.22. The van der Waals surface area contributed by atoms with Crippen LogP contribution in [0.2, 0.25) is 0 Å². The second-order valence-electron chi connectivity index (χ2n) is 5.38. The molecule has 4 rings (SSSR count). The van der Waals surface area contributed by atoms with E-state index in [9.17, 15) is 4.39 Å². The van der Waals surface area contributed by atoms with Crippen molar-refractivity contribution in [1.82, 2.24) is 4.98 Å². The van der Waals surface area contributed by atoms with E-state index in [1.807, 2.05) is 53.4 Å². The number of oxazole rings is 1. The van der Waals surface area contributed by atoms with Crippen molar-refractivity contribution in [3.63, 3.8) is 0 Å². The molecule has 0 spiro atoms. The summed E-state index contributed by atoms with van der Waals surface area (Å²) >= 11 is 0. The number of nitrogens with zero attached hydrogens (tertiary/aromatic N) is 2. The molecule has 0 bridgehead atoms. The van der Waals surface area contributed by atoms with Crippen molar-refractivity contribution < 1.29 is 30.4 Å². The van der Waals surface area contributed by atoms with Crippen LogP contribution in [0.3, 0.4) is 0 Å². The Balaban J connectivity index is 0.00000169. The number of pyridine rings is 1. The van der Waals surface area contributed by atoms with Crippen LogP contribution in [0, 0.1) is 5.82 Å². The van der Waals surface area contributed by atoms with Crippen LogP contribution >= 0.6 is 0 Å². The van der Waals surface area contributed by atoms with Crippen LogP contribution in [-0.4, -0.2) is 4.98 Å². The van der Waals surface area contributed by atoms with Crippen molar-refractivity contribution >= 4 is 11.1 Å². The lowest BCUT2D eigenvalue weighted by Crippen LogP contribution is -3.00. The molecule has 0 unspecified atom stereocenters. The van der Waals surface area contributed by atoms with E-state index in [1.165, 1.54) is 12.1 Å². The Labute approximate surface area is 149 Å². The molecule has 0 aliphatic carbocycles. The summed E-state index contributed by atoms with van der Waals surface area (Å²) in [6.45, 7) is 0.661. The second kappa shape index (κ2) is 6.93. The van der Waals surface area contributed by atoms with E-state index in [2.05, 4.69) is 4.98 Å². The van der Waals surface area contributed by atoms with E-state index in [4.69, 9.17) is 4.42 Å². The number of hydrogen-bond donors (Lipinski definition) is 0. The molecule has 0 amide bonds. The first kappa shape index (κ1) is 16.3. The van der Waals surface area contributed by atoms with E-state index in [0.717, 1.165) is 22.2 Å². The topological polar surface area (TPSA) is 29.9 Å². The molecule has 3 nitrogen and oxygen atoms in total. The summed E-state index contributed by atoms with van der Waals surface area (Å²) in [5.41, 5.74) is 3.56. The number of para-hydroxylation sites is 2. The van der Waals surface area contributed by atoms with Crippen molar-refractivity contribution in [2.24, 2.45) is 0 Å². The second-order valence-corrected chi connectivity index (χ2v) is 5.38. The van der Waals surface area contributed by atoms with Gasteiger partial charge in [-0.05, 0) is 42.5 Å². The molecule has 2 heterocycles. The highest BCUT2D eigenvalue weighted by molar-refractivity contribution is 5.75. The summed E-state index contributed by atoms with van der Waals surface area (Å²) < 4.78 is 20.8. The van der Waals surface area contributed by atoms with Crippen LogP contribution in [0.15, 0.2) is 77.5 Å². The zero-order valence-corrected chi connectivity index (χ0v) is 14.3. The van der Waals surface area contributed by atoms with Gasteiger partial charge in [-0.3, -0.25) is 0 Å². The van der Waals surface area contributed by atoms with Gasteiger partial charge in [-0.1, -0.05) is 12.1 Å². The van der Waals surface area contributed by atoms with Crippen molar-refractivity contribution in [3.8, 4) is 11.5 Å². The summed E-state index contributed by atoms with van der Waals surface area (Å²) in [5.74, 6) is 0.374. The molecule has 5 heteroatoms. The van der Waals surface area contributed by atoms with E-state index in [0.29, 0.717) is 12.4 Å². The van der Waals surface area contributed by atoms with Gasteiger partial charge in [0, 0.05) is 11.6 Å². The van der Waals surface area contributed by atoms with Crippen molar-refractivity contribution in [2.45, 2.75) is 6.54 Å². The maximum absolute atomic E-state index is 13.0. The van der Waals surface area contributed by atoms with E-state index < -0.39 is 0 Å². The minimum atomic E-state index is -0.223. The van der Waals surface area contributed by atoms with Gasteiger partial charge < -0.3 is 21.4 Å². The molecule has 0 N–H and O–H groups in total. The van der Waals surface area contributed by atoms with Gasteiger partial charge in [0.15, 0.2) is 24.5 Å². The predicted molar refractivity (Wildman–Crippen MR) is 85.1 cm³/mol. The fourth-order valence-corrected chi connectivity index (χ4v) is 2.54. The van der Waals surface area contributed by atoms with Gasteiger partial charge in [-0.15, -0.1) is 0 Å². The maximum Gasteiger partial charge on any atom is 0.233 e. The van der Waals surface area contributed by atoms with Crippen LogP contribution in [-0.2, 0) is 6.54 Å². The number of benzene rings is 2. The first-order chi connectivity index (χ1) is 11.3. The molecule has 0 saturated heterocycles. The molecule has 0 radical (unpaired) electrons. The molecule has 2 aromatic heterocycles. The fraction of sp³-hybridized carbons (Fsp3) is 0.0526. The average Bonchev–Trinajstić information content (AvgIpc) is 3.01. The van der Waals surface area contributed by atoms with Gasteiger partial charge in [0.2, 0.25) is 5.89 Å². The molecule has 0 saturated carbocycles. The van der Waals surface area contributed by atoms with E-state index in [-0.39, 0.29) is 22.8 Å². The monoisotopic (exact) mass is 384 g/mol. The largest absolute Gasteiger partial charge is 1.00 e. The van der Waals surface area contributed by atoms with Crippen molar-refractivity contribution in [1.29, 1.82) is 0 Å². The molecule has 120 valence electrons. The average molecular weight is 385 g/mol. The SMILES string of the molecule is Fc1ccc(C[n+]2cccc(-c3nc4ccccc4o3)c2)cc1.[Br-]. The zero-order chi connectivity index (χ0) is 15.6. The summed E-state index contributed by atoms with van der Waals surface area (Å²) in [6, 6.07) is 18.1. The predicted octanol–water partition coefficient (Wildman–Crippen LogP) is 0.974. The minimum absolute atomic E-state index is 0. The molecular weight excluding hydrogens is 371 g/mol. The molecule has 4 aromatic rings. The Morgan fingerprint density at radius 2 is 1.75 bits per heavy atom. The number of fused-ring (bicyclic) bond motifs is 1. The number of halogens is 2. The highest BCUT2D eigenvalue weighted by atomic mass is 79.9. The Morgan fingerprint density at radius 3 is 2.54 bits per heavy atom. The van der Waals surface area contributed by atoms with E-state index >= 15 is 0 Å². The Kier molecular flexibility index (Phi) is 4.71. The van der Waals surface area contributed by atoms with Crippen molar-refractivity contribution in [2.75, 3.05) is 0 Å². The van der Waals surface area contributed by atoms with Crippen LogP contribution in [0.4, 0.5) is 4.39 Å². The summed E-state index contributed by atoms with van der Waals surface area (Å²) in [4.78, 5) is 4.51. The van der Waals surface area contributed by atoms with Gasteiger partial charge in [0.25, 0.3) is 0 Å². The smallest absolute Gasteiger partial charge is 0.233 e. The molecule has 0 atom stereocenters. The Hall–Kier alpha value is -2.53. The van der Waals surface area contributed by atoms with Crippen LogP contribution in [0.5, 0.6) is 0 Å². The fourth-order valence-electron chi connectivity index (χ4n) is 2.54. The van der Waals surface area contributed by atoms with Crippen LogP contribution in [0.1, 0.15) is 5.56 Å². The minimum Gasteiger partial charge on any atom is -1.00 e. The molecule has 0 aliphatic heterocycles. The number of aromatic nitrogens is 2. The molecule has 2 aromatic carbocycles. The molecule has 24 heavy (non-hydrogen) atoms. The molecular formula is C19H14BrFN2O. The van der Waals surface area contributed by atoms with Crippen LogP contribution in [0.25, 0.3) is 22.6 Å². The van der Waals surface area contributed by atoms with E-state index in [1.54, 1.807) is 12.1 Å². The quantitative estimate of drug-likeness (QED) is 0.492. The zero-order valence-electron chi connectivity index (χ0n) is 12.7. The first-order valence-electron chi connectivity index (χ1n) is 7.37. The van der Waals surface area contributed by atoms with Gasteiger partial charge in [-0.25, -0.2) is 9.37 Å².